The van der Waals surface area contributed by atoms with E-state index in [2.05, 4.69) is 14.7 Å². The predicted molar refractivity (Wildman–Crippen MR) is 97.3 cm³/mol. The lowest BCUT2D eigenvalue weighted by Gasteiger charge is -2.12. The van der Waals surface area contributed by atoms with E-state index in [1.54, 1.807) is 24.5 Å². The van der Waals surface area contributed by atoms with E-state index < -0.39 is 10.0 Å². The second kappa shape index (κ2) is 6.29. The molecule has 0 aliphatic rings. The molecule has 2 heterocycles. The fourth-order valence-corrected chi connectivity index (χ4v) is 3.18. The smallest absolute Gasteiger partial charge is 0.316 e. The quantitative estimate of drug-likeness (QED) is 0.770. The summed E-state index contributed by atoms with van der Waals surface area (Å²) in [6.07, 6.45) is 4.45. The SMILES string of the molecule is COc1ncc(-c2cc(C)c3cc(NS(C)(=O)=O)cc(C)c3n2)cn1. The summed E-state index contributed by atoms with van der Waals surface area (Å²) >= 11 is 0. The number of benzene rings is 1. The molecular formula is C17H18N4O3S. The Morgan fingerprint density at radius 3 is 2.32 bits per heavy atom. The number of pyridine rings is 1. The zero-order valence-corrected chi connectivity index (χ0v) is 15.2. The van der Waals surface area contributed by atoms with E-state index in [9.17, 15) is 8.42 Å². The van der Waals surface area contributed by atoms with E-state index in [4.69, 9.17) is 9.72 Å². The molecule has 0 unspecified atom stereocenters. The van der Waals surface area contributed by atoms with Crippen molar-refractivity contribution in [2.24, 2.45) is 0 Å². The van der Waals surface area contributed by atoms with Crippen LogP contribution in [0.1, 0.15) is 11.1 Å². The Morgan fingerprint density at radius 1 is 1.04 bits per heavy atom. The lowest BCUT2D eigenvalue weighted by molar-refractivity contribution is 0.380. The van der Waals surface area contributed by atoms with Gasteiger partial charge >= 0.3 is 6.01 Å². The molecule has 0 saturated carbocycles. The van der Waals surface area contributed by atoms with Gasteiger partial charge in [0.15, 0.2) is 0 Å². The molecule has 0 aliphatic heterocycles. The maximum absolute atomic E-state index is 11.5. The first-order valence-electron chi connectivity index (χ1n) is 7.53. The summed E-state index contributed by atoms with van der Waals surface area (Å²) in [6.45, 7) is 3.86. The molecule has 0 bridgehead atoms. The van der Waals surface area contributed by atoms with Crippen LogP contribution < -0.4 is 9.46 Å². The number of aromatic nitrogens is 3. The first-order valence-corrected chi connectivity index (χ1v) is 9.42. The molecule has 7 nitrogen and oxygen atoms in total. The number of anilines is 1. The first-order chi connectivity index (χ1) is 11.8. The Morgan fingerprint density at radius 2 is 1.72 bits per heavy atom. The molecule has 0 spiro atoms. The molecule has 0 atom stereocenters. The van der Waals surface area contributed by atoms with E-state index in [0.29, 0.717) is 11.7 Å². The Kier molecular flexibility index (Phi) is 4.30. The van der Waals surface area contributed by atoms with Crippen molar-refractivity contribution in [1.82, 2.24) is 15.0 Å². The van der Waals surface area contributed by atoms with Gasteiger partial charge in [0.1, 0.15) is 0 Å². The maximum atomic E-state index is 11.5. The van der Waals surface area contributed by atoms with Crippen LogP contribution in [0.5, 0.6) is 6.01 Å². The number of hydrogen-bond donors (Lipinski definition) is 1. The number of methoxy groups -OCH3 is 1. The van der Waals surface area contributed by atoms with Crippen LogP contribution in [0.3, 0.4) is 0 Å². The Bertz CT molecular complexity index is 1050. The lowest BCUT2D eigenvalue weighted by atomic mass is 10.0. The fourth-order valence-electron chi connectivity index (χ4n) is 2.64. The van der Waals surface area contributed by atoms with Crippen LogP contribution in [-0.2, 0) is 10.0 Å². The predicted octanol–water partition coefficient (Wildman–Crippen LogP) is 2.69. The van der Waals surface area contributed by atoms with Crippen molar-refractivity contribution in [3.8, 4) is 17.3 Å². The Balaban J connectivity index is 2.12. The van der Waals surface area contributed by atoms with Crippen molar-refractivity contribution in [3.63, 3.8) is 0 Å². The Labute approximate surface area is 146 Å². The summed E-state index contributed by atoms with van der Waals surface area (Å²) in [5.74, 6) is 0. The number of nitrogens with one attached hydrogen (secondary N) is 1. The van der Waals surface area contributed by atoms with Gasteiger partial charge in [-0.2, -0.15) is 0 Å². The minimum Gasteiger partial charge on any atom is -0.467 e. The molecule has 130 valence electrons. The third-order valence-corrected chi connectivity index (χ3v) is 4.33. The van der Waals surface area contributed by atoms with Gasteiger partial charge in [-0.3, -0.25) is 4.72 Å². The summed E-state index contributed by atoms with van der Waals surface area (Å²) in [5, 5.41) is 0.893. The highest BCUT2D eigenvalue weighted by Crippen LogP contribution is 2.29. The number of hydrogen-bond acceptors (Lipinski definition) is 6. The molecule has 3 aromatic rings. The van der Waals surface area contributed by atoms with Gasteiger partial charge in [-0.25, -0.2) is 23.4 Å². The third-order valence-electron chi connectivity index (χ3n) is 3.72. The summed E-state index contributed by atoms with van der Waals surface area (Å²) in [6, 6.07) is 5.79. The van der Waals surface area contributed by atoms with Crippen LogP contribution >= 0.6 is 0 Å². The van der Waals surface area contributed by atoms with Gasteiger partial charge in [-0.15, -0.1) is 0 Å². The van der Waals surface area contributed by atoms with Crippen molar-refractivity contribution in [3.05, 3.63) is 41.7 Å². The van der Waals surface area contributed by atoms with Gasteiger partial charge in [0.05, 0.1) is 24.6 Å². The van der Waals surface area contributed by atoms with Crippen LogP contribution in [0.4, 0.5) is 5.69 Å². The zero-order chi connectivity index (χ0) is 18.2. The van der Waals surface area contributed by atoms with E-state index in [1.165, 1.54) is 7.11 Å². The Hall–Kier alpha value is -2.74. The zero-order valence-electron chi connectivity index (χ0n) is 14.4. The van der Waals surface area contributed by atoms with Crippen molar-refractivity contribution < 1.29 is 13.2 Å². The summed E-state index contributed by atoms with van der Waals surface area (Å²) in [5.41, 5.74) is 4.73. The van der Waals surface area contributed by atoms with Gasteiger partial charge in [-0.1, -0.05) is 0 Å². The number of aryl methyl sites for hydroxylation is 2. The number of fused-ring (bicyclic) bond motifs is 1. The van der Waals surface area contributed by atoms with Crippen LogP contribution in [0, 0.1) is 13.8 Å². The number of ether oxygens (including phenoxy) is 1. The van der Waals surface area contributed by atoms with Gasteiger partial charge in [0, 0.05) is 29.0 Å². The summed E-state index contributed by atoms with van der Waals surface area (Å²) in [4.78, 5) is 12.9. The van der Waals surface area contributed by atoms with Crippen molar-refractivity contribution in [2.45, 2.75) is 13.8 Å². The normalized spacial score (nSPS) is 11.5. The van der Waals surface area contributed by atoms with Gasteiger partial charge < -0.3 is 4.74 Å². The van der Waals surface area contributed by atoms with Gasteiger partial charge in [-0.05, 0) is 43.2 Å². The van der Waals surface area contributed by atoms with E-state index in [-0.39, 0.29) is 0 Å². The van der Waals surface area contributed by atoms with Gasteiger partial charge in [0.25, 0.3) is 0 Å². The third kappa shape index (κ3) is 3.69. The van der Waals surface area contributed by atoms with Gasteiger partial charge in [0.2, 0.25) is 10.0 Å². The lowest BCUT2D eigenvalue weighted by Crippen LogP contribution is -2.09. The molecule has 2 aromatic heterocycles. The van der Waals surface area contributed by atoms with Crippen LogP contribution in [0.2, 0.25) is 0 Å². The molecule has 0 saturated heterocycles. The minimum atomic E-state index is -3.33. The molecule has 1 N–H and O–H groups in total. The van der Waals surface area contributed by atoms with Crippen LogP contribution in [0.25, 0.3) is 22.2 Å². The highest BCUT2D eigenvalue weighted by atomic mass is 32.2. The van der Waals surface area contributed by atoms with E-state index in [1.807, 2.05) is 19.9 Å². The standard InChI is InChI=1S/C17H18N4O3S/c1-10-6-15(12-8-18-17(24-3)19-9-12)20-16-11(2)5-13(7-14(10)16)21-25(4,22)23/h5-9,21H,1-4H3. The van der Waals surface area contributed by atoms with Crippen LogP contribution in [-0.4, -0.2) is 36.7 Å². The number of rotatable bonds is 4. The topological polar surface area (TPSA) is 94.1 Å². The second-order valence-electron chi connectivity index (χ2n) is 5.85. The number of nitrogens with zero attached hydrogens (tertiary/aromatic N) is 3. The minimum absolute atomic E-state index is 0.300. The first kappa shape index (κ1) is 17.1. The molecule has 25 heavy (non-hydrogen) atoms. The van der Waals surface area contributed by atoms with E-state index in [0.717, 1.165) is 39.5 Å². The number of sulfonamides is 1. The summed E-state index contributed by atoms with van der Waals surface area (Å²) < 4.78 is 30.4. The molecule has 0 radical (unpaired) electrons. The average molecular weight is 358 g/mol. The largest absolute Gasteiger partial charge is 0.467 e. The molecule has 3 rings (SSSR count). The van der Waals surface area contributed by atoms with Crippen molar-refractivity contribution in [2.75, 3.05) is 18.1 Å². The fraction of sp³-hybridized carbons (Fsp3) is 0.235. The molecule has 1 aromatic carbocycles. The highest BCUT2D eigenvalue weighted by Gasteiger charge is 2.11. The second-order valence-corrected chi connectivity index (χ2v) is 7.59. The molecule has 8 heteroatoms. The highest BCUT2D eigenvalue weighted by molar-refractivity contribution is 7.92. The van der Waals surface area contributed by atoms with Crippen LogP contribution in [0.15, 0.2) is 30.6 Å². The van der Waals surface area contributed by atoms with Crippen molar-refractivity contribution >= 4 is 26.6 Å². The van der Waals surface area contributed by atoms with Crippen molar-refractivity contribution in [1.29, 1.82) is 0 Å². The molecule has 0 amide bonds. The molecule has 0 aliphatic carbocycles. The maximum Gasteiger partial charge on any atom is 0.316 e. The monoisotopic (exact) mass is 358 g/mol. The summed E-state index contributed by atoms with van der Waals surface area (Å²) in [7, 11) is -1.82. The van der Waals surface area contributed by atoms with E-state index >= 15 is 0 Å². The average Bonchev–Trinajstić information content (AvgIpc) is 2.54. The molecular weight excluding hydrogens is 340 g/mol. The molecule has 0 fully saturated rings.